The number of aryl methyl sites for hydroxylation is 1. The van der Waals surface area contributed by atoms with E-state index < -0.39 is 6.10 Å². The van der Waals surface area contributed by atoms with Crippen molar-refractivity contribution in [1.29, 1.82) is 0 Å². The monoisotopic (exact) mass is 299 g/mol. The van der Waals surface area contributed by atoms with Crippen LogP contribution in [0.15, 0.2) is 36.4 Å². The average molecular weight is 299 g/mol. The molecule has 0 spiro atoms. The van der Waals surface area contributed by atoms with Crippen LogP contribution in [0.3, 0.4) is 0 Å². The largest absolute Gasteiger partial charge is 0.391 e. The minimum atomic E-state index is -0.472. The summed E-state index contributed by atoms with van der Waals surface area (Å²) < 4.78 is 0. The zero-order chi connectivity index (χ0) is 16.1. The second kappa shape index (κ2) is 7.36. The van der Waals surface area contributed by atoms with Crippen LogP contribution < -0.4 is 5.32 Å². The molecule has 0 saturated carbocycles. The Hall–Kier alpha value is -1.94. The van der Waals surface area contributed by atoms with Gasteiger partial charge in [0.05, 0.1) is 12.1 Å². The third-order valence-electron chi connectivity index (χ3n) is 3.63. The normalized spacial score (nSPS) is 13.9. The van der Waals surface area contributed by atoms with E-state index >= 15 is 0 Å². The van der Waals surface area contributed by atoms with Crippen molar-refractivity contribution in [2.24, 2.45) is 0 Å². The Kier molecular flexibility index (Phi) is 5.50. The topological polar surface area (TPSA) is 58.0 Å². The molecule has 2 atom stereocenters. The van der Waals surface area contributed by atoms with Gasteiger partial charge in [0.25, 0.3) is 0 Å². The zero-order valence-electron chi connectivity index (χ0n) is 13.7. The first-order valence-corrected chi connectivity index (χ1v) is 7.80. The molecule has 0 radical (unpaired) electrons. The van der Waals surface area contributed by atoms with Gasteiger partial charge in [0.1, 0.15) is 11.6 Å². The molecule has 0 aliphatic heterocycles. The van der Waals surface area contributed by atoms with Gasteiger partial charge in [0.2, 0.25) is 0 Å². The van der Waals surface area contributed by atoms with Gasteiger partial charge in [-0.05, 0) is 19.4 Å². The number of aromatic nitrogens is 2. The van der Waals surface area contributed by atoms with Crippen LogP contribution in [0.1, 0.15) is 43.8 Å². The number of rotatable bonds is 6. The van der Waals surface area contributed by atoms with Crippen LogP contribution in [0.2, 0.25) is 0 Å². The van der Waals surface area contributed by atoms with Crippen molar-refractivity contribution in [2.45, 2.75) is 52.2 Å². The molecule has 0 aliphatic rings. The Labute approximate surface area is 132 Å². The number of nitrogens with zero attached hydrogens (tertiary/aromatic N) is 2. The maximum absolute atomic E-state index is 10.4. The van der Waals surface area contributed by atoms with E-state index in [9.17, 15) is 5.11 Å². The fraction of sp³-hybridized carbons (Fsp3) is 0.444. The molecule has 4 nitrogen and oxygen atoms in total. The quantitative estimate of drug-likeness (QED) is 0.859. The SMILES string of the molecule is Cc1cc(NC(C)C(O)Cc2ccccc2)nc(C(C)C)n1. The predicted octanol–water partition coefficient (Wildman–Crippen LogP) is 3.31. The first-order valence-electron chi connectivity index (χ1n) is 7.80. The predicted molar refractivity (Wildman–Crippen MR) is 90.1 cm³/mol. The summed E-state index contributed by atoms with van der Waals surface area (Å²) in [6.07, 6.45) is 0.149. The lowest BCUT2D eigenvalue weighted by atomic mass is 10.0. The molecule has 2 unspecified atom stereocenters. The molecule has 0 fully saturated rings. The van der Waals surface area contributed by atoms with E-state index in [0.717, 1.165) is 22.9 Å². The van der Waals surface area contributed by atoms with Crippen molar-refractivity contribution in [3.8, 4) is 0 Å². The van der Waals surface area contributed by atoms with Crippen LogP contribution in [-0.2, 0) is 6.42 Å². The highest BCUT2D eigenvalue weighted by Crippen LogP contribution is 2.16. The number of benzene rings is 1. The van der Waals surface area contributed by atoms with Crippen LogP contribution in [0, 0.1) is 6.92 Å². The molecule has 22 heavy (non-hydrogen) atoms. The first-order chi connectivity index (χ1) is 10.5. The van der Waals surface area contributed by atoms with Crippen molar-refractivity contribution in [3.05, 3.63) is 53.5 Å². The Morgan fingerprint density at radius 3 is 2.41 bits per heavy atom. The number of hydrogen-bond acceptors (Lipinski definition) is 4. The van der Waals surface area contributed by atoms with Gasteiger partial charge in [-0.1, -0.05) is 44.2 Å². The van der Waals surface area contributed by atoms with Gasteiger partial charge in [-0.15, -0.1) is 0 Å². The van der Waals surface area contributed by atoms with Gasteiger partial charge in [0.15, 0.2) is 0 Å². The van der Waals surface area contributed by atoms with Gasteiger partial charge in [-0.25, -0.2) is 9.97 Å². The minimum Gasteiger partial charge on any atom is -0.391 e. The lowest BCUT2D eigenvalue weighted by Crippen LogP contribution is -2.32. The number of hydrogen-bond donors (Lipinski definition) is 2. The number of nitrogens with one attached hydrogen (secondary N) is 1. The molecule has 0 saturated heterocycles. The van der Waals surface area contributed by atoms with E-state index in [1.165, 1.54) is 0 Å². The summed E-state index contributed by atoms with van der Waals surface area (Å²) in [5, 5.41) is 13.7. The molecule has 0 bridgehead atoms. The molecular formula is C18H25N3O. The lowest BCUT2D eigenvalue weighted by Gasteiger charge is -2.21. The summed E-state index contributed by atoms with van der Waals surface area (Å²) in [6, 6.07) is 11.8. The van der Waals surface area contributed by atoms with Crippen LogP contribution in [-0.4, -0.2) is 27.2 Å². The van der Waals surface area contributed by atoms with Gasteiger partial charge in [-0.3, -0.25) is 0 Å². The standard InChI is InChI=1S/C18H25N3O/c1-12(2)18-19-13(3)10-17(21-18)20-14(4)16(22)11-15-8-6-5-7-9-15/h5-10,12,14,16,22H,11H2,1-4H3,(H,19,20,21). The molecule has 118 valence electrons. The van der Waals surface area contributed by atoms with E-state index in [1.54, 1.807) is 0 Å². The van der Waals surface area contributed by atoms with Crippen LogP contribution in [0.25, 0.3) is 0 Å². The van der Waals surface area contributed by atoms with Gasteiger partial charge in [-0.2, -0.15) is 0 Å². The smallest absolute Gasteiger partial charge is 0.133 e. The molecule has 4 heteroatoms. The van der Waals surface area contributed by atoms with E-state index in [4.69, 9.17) is 0 Å². The fourth-order valence-electron chi connectivity index (χ4n) is 2.29. The average Bonchev–Trinajstić information content (AvgIpc) is 2.47. The molecule has 0 aliphatic carbocycles. The van der Waals surface area contributed by atoms with Crippen molar-refractivity contribution in [1.82, 2.24) is 9.97 Å². The van der Waals surface area contributed by atoms with E-state index in [0.29, 0.717) is 6.42 Å². The van der Waals surface area contributed by atoms with Crippen LogP contribution in [0.5, 0.6) is 0 Å². The highest BCUT2D eigenvalue weighted by Gasteiger charge is 2.16. The highest BCUT2D eigenvalue weighted by atomic mass is 16.3. The van der Waals surface area contributed by atoms with Gasteiger partial charge in [0, 0.05) is 24.1 Å². The van der Waals surface area contributed by atoms with E-state index in [2.05, 4.69) is 29.1 Å². The number of anilines is 1. The zero-order valence-corrected chi connectivity index (χ0v) is 13.7. The summed E-state index contributed by atoms with van der Waals surface area (Å²) in [4.78, 5) is 8.97. The second-order valence-electron chi connectivity index (χ2n) is 6.10. The third kappa shape index (κ3) is 4.53. The number of aliphatic hydroxyl groups is 1. The van der Waals surface area contributed by atoms with Gasteiger partial charge >= 0.3 is 0 Å². The molecule has 0 amide bonds. The van der Waals surface area contributed by atoms with Gasteiger partial charge < -0.3 is 10.4 Å². The van der Waals surface area contributed by atoms with Crippen LogP contribution in [0.4, 0.5) is 5.82 Å². The fourth-order valence-corrected chi connectivity index (χ4v) is 2.29. The maximum atomic E-state index is 10.4. The summed E-state index contributed by atoms with van der Waals surface area (Å²) >= 11 is 0. The lowest BCUT2D eigenvalue weighted by molar-refractivity contribution is 0.158. The highest BCUT2D eigenvalue weighted by molar-refractivity contribution is 5.37. The maximum Gasteiger partial charge on any atom is 0.133 e. The summed E-state index contributed by atoms with van der Waals surface area (Å²) in [5.41, 5.74) is 2.07. The number of aliphatic hydroxyl groups excluding tert-OH is 1. The molecular weight excluding hydrogens is 274 g/mol. The van der Waals surface area contributed by atoms with E-state index in [-0.39, 0.29) is 12.0 Å². The third-order valence-corrected chi connectivity index (χ3v) is 3.63. The van der Waals surface area contributed by atoms with Crippen molar-refractivity contribution in [3.63, 3.8) is 0 Å². The molecule has 1 aromatic heterocycles. The van der Waals surface area contributed by atoms with E-state index in [1.807, 2.05) is 50.2 Å². The Balaban J connectivity index is 2.03. The van der Waals surface area contributed by atoms with Crippen molar-refractivity contribution >= 4 is 5.82 Å². The Bertz CT molecular complexity index is 599. The van der Waals surface area contributed by atoms with Crippen molar-refractivity contribution in [2.75, 3.05) is 5.32 Å². The molecule has 1 heterocycles. The molecule has 2 aromatic rings. The second-order valence-corrected chi connectivity index (χ2v) is 6.10. The summed E-state index contributed by atoms with van der Waals surface area (Å²) in [5.74, 6) is 1.88. The molecule has 1 aromatic carbocycles. The first kappa shape index (κ1) is 16.4. The Morgan fingerprint density at radius 1 is 1.09 bits per heavy atom. The van der Waals surface area contributed by atoms with Crippen molar-refractivity contribution < 1.29 is 5.11 Å². The minimum absolute atomic E-state index is 0.0884. The molecule has 2 N–H and O–H groups in total. The Morgan fingerprint density at radius 2 is 1.77 bits per heavy atom. The summed E-state index contributed by atoms with van der Waals surface area (Å²) in [7, 11) is 0. The summed E-state index contributed by atoms with van der Waals surface area (Å²) in [6.45, 7) is 8.09. The molecule has 2 rings (SSSR count). The van der Waals surface area contributed by atoms with Crippen LogP contribution >= 0.6 is 0 Å².